The summed E-state index contributed by atoms with van der Waals surface area (Å²) in [4.78, 5) is 15.4. The first-order valence-electron chi connectivity index (χ1n) is 11.3. The van der Waals surface area contributed by atoms with Crippen molar-refractivity contribution < 1.29 is 9.53 Å². The zero-order valence-corrected chi connectivity index (χ0v) is 20.7. The Bertz CT molecular complexity index is 960. The average Bonchev–Trinajstić information content (AvgIpc) is 2.83. The molecule has 0 radical (unpaired) electrons. The van der Waals surface area contributed by atoms with Crippen LogP contribution in [0.25, 0.3) is 0 Å². The van der Waals surface area contributed by atoms with Crippen molar-refractivity contribution in [3.63, 3.8) is 0 Å². The first-order valence-corrected chi connectivity index (χ1v) is 14.4. The van der Waals surface area contributed by atoms with E-state index < -0.39 is 8.07 Å². The van der Waals surface area contributed by atoms with E-state index in [4.69, 9.17) is 4.74 Å². The fraction of sp³-hybridized carbons (Fsp3) is 0.321. The summed E-state index contributed by atoms with van der Waals surface area (Å²) in [6.45, 7) is 5.50. The molecule has 0 unspecified atom stereocenters. The molecule has 0 amide bonds. The minimum Gasteiger partial charge on any atom is -0.468 e. The third-order valence-electron chi connectivity index (χ3n) is 6.61. The van der Waals surface area contributed by atoms with Crippen LogP contribution in [-0.4, -0.2) is 39.1 Å². The smallest absolute Gasteiger partial charge is 0.323 e. The first kappa shape index (κ1) is 24.0. The lowest BCUT2D eigenvalue weighted by Gasteiger charge is -2.41. The molecule has 0 bridgehead atoms. The Morgan fingerprint density at radius 2 is 1.34 bits per heavy atom. The minimum atomic E-state index is -2.03. The number of hydrogen-bond donors (Lipinski definition) is 0. The molecule has 168 valence electrons. The standard InChI is InChI=1S/C28H35NO2Si/c1-29(22-24-16-10-6-11-17-24)27(28(30)31-2)26(21-20-23-14-8-5-9-15-23)32(3,4)25-18-12-7-13-19-25/h5-19,26-27H,20-22H2,1-4H3/t26-,27-/m0/s1. The zero-order chi connectivity index (χ0) is 23.0. The number of likely N-dealkylation sites (N-methyl/N-ethyl adjacent to an activating group) is 1. The fourth-order valence-electron chi connectivity index (χ4n) is 4.70. The SMILES string of the molecule is COC(=O)[C@H]([C@H](CCc1ccccc1)[Si](C)(C)c1ccccc1)N(C)Cc1ccccc1. The van der Waals surface area contributed by atoms with Gasteiger partial charge in [0, 0.05) is 6.54 Å². The molecular weight excluding hydrogens is 410 g/mol. The molecule has 0 fully saturated rings. The predicted molar refractivity (Wildman–Crippen MR) is 136 cm³/mol. The lowest BCUT2D eigenvalue weighted by atomic mass is 10.0. The van der Waals surface area contributed by atoms with E-state index in [9.17, 15) is 4.79 Å². The number of rotatable bonds is 10. The molecule has 3 rings (SSSR count). The van der Waals surface area contributed by atoms with Gasteiger partial charge in [0.1, 0.15) is 6.04 Å². The maximum absolute atomic E-state index is 13.2. The molecule has 0 spiro atoms. The Hall–Kier alpha value is -2.69. The summed E-state index contributed by atoms with van der Waals surface area (Å²) in [7, 11) is 1.54. The van der Waals surface area contributed by atoms with Gasteiger partial charge in [0.2, 0.25) is 0 Å². The van der Waals surface area contributed by atoms with Crippen LogP contribution in [0.4, 0.5) is 0 Å². The molecule has 0 saturated carbocycles. The lowest BCUT2D eigenvalue weighted by molar-refractivity contribution is -0.147. The van der Waals surface area contributed by atoms with Crippen LogP contribution in [0.5, 0.6) is 0 Å². The second-order valence-electron chi connectivity index (χ2n) is 9.09. The predicted octanol–water partition coefficient (Wildman–Crippen LogP) is 5.28. The molecule has 0 aliphatic heterocycles. The Balaban J connectivity index is 1.97. The molecule has 2 atom stereocenters. The van der Waals surface area contributed by atoms with E-state index in [1.807, 2.05) is 18.2 Å². The summed E-state index contributed by atoms with van der Waals surface area (Å²) in [6.07, 6.45) is 1.89. The van der Waals surface area contributed by atoms with E-state index in [-0.39, 0.29) is 17.6 Å². The van der Waals surface area contributed by atoms with Gasteiger partial charge in [-0.3, -0.25) is 9.69 Å². The lowest BCUT2D eigenvalue weighted by Crippen LogP contribution is -2.56. The number of nitrogens with zero attached hydrogens (tertiary/aromatic N) is 1. The summed E-state index contributed by atoms with van der Waals surface area (Å²) in [5.74, 6) is -0.141. The Morgan fingerprint density at radius 1 is 0.844 bits per heavy atom. The van der Waals surface area contributed by atoms with Crippen molar-refractivity contribution in [1.29, 1.82) is 0 Å². The molecule has 0 heterocycles. The second-order valence-corrected chi connectivity index (χ2v) is 13.8. The Morgan fingerprint density at radius 3 is 1.88 bits per heavy atom. The summed E-state index contributed by atoms with van der Waals surface area (Å²) >= 11 is 0. The van der Waals surface area contributed by atoms with E-state index in [2.05, 4.69) is 97.8 Å². The number of carbonyl (C=O) groups excluding carboxylic acids is 1. The van der Waals surface area contributed by atoms with Gasteiger partial charge in [0.15, 0.2) is 0 Å². The van der Waals surface area contributed by atoms with Crippen molar-refractivity contribution in [2.45, 2.75) is 44.1 Å². The molecule has 3 aromatic carbocycles. The normalized spacial score (nSPS) is 13.5. The summed E-state index contributed by atoms with van der Waals surface area (Å²) < 4.78 is 5.38. The Labute approximate surface area is 194 Å². The number of ether oxygens (including phenoxy) is 1. The molecule has 4 heteroatoms. The molecular formula is C28H35NO2Si. The van der Waals surface area contributed by atoms with Crippen LogP contribution in [-0.2, 0) is 22.5 Å². The van der Waals surface area contributed by atoms with Gasteiger partial charge in [-0.05, 0) is 36.6 Å². The highest BCUT2D eigenvalue weighted by molar-refractivity contribution is 6.91. The topological polar surface area (TPSA) is 29.5 Å². The van der Waals surface area contributed by atoms with E-state index in [0.717, 1.165) is 12.8 Å². The van der Waals surface area contributed by atoms with Gasteiger partial charge in [0.25, 0.3) is 0 Å². The summed E-state index contributed by atoms with van der Waals surface area (Å²) in [6, 6.07) is 31.4. The summed E-state index contributed by atoms with van der Waals surface area (Å²) in [5, 5.41) is 1.38. The number of aryl methyl sites for hydroxylation is 1. The molecule has 32 heavy (non-hydrogen) atoms. The third kappa shape index (κ3) is 5.96. The Kier molecular flexibility index (Phi) is 8.43. The molecule has 3 aromatic rings. The van der Waals surface area contributed by atoms with Crippen molar-refractivity contribution >= 4 is 19.2 Å². The molecule has 0 aliphatic carbocycles. The van der Waals surface area contributed by atoms with Gasteiger partial charge in [-0.2, -0.15) is 0 Å². The van der Waals surface area contributed by atoms with Gasteiger partial charge in [-0.15, -0.1) is 0 Å². The van der Waals surface area contributed by atoms with Gasteiger partial charge in [0.05, 0.1) is 15.2 Å². The third-order valence-corrected chi connectivity index (χ3v) is 10.9. The van der Waals surface area contributed by atoms with Crippen LogP contribution in [0.1, 0.15) is 17.5 Å². The molecule has 0 N–H and O–H groups in total. The van der Waals surface area contributed by atoms with Gasteiger partial charge in [-0.1, -0.05) is 109 Å². The average molecular weight is 446 g/mol. The monoisotopic (exact) mass is 445 g/mol. The van der Waals surface area contributed by atoms with Crippen molar-refractivity contribution in [3.8, 4) is 0 Å². The van der Waals surface area contributed by atoms with Crippen LogP contribution in [0.2, 0.25) is 18.6 Å². The molecule has 0 aromatic heterocycles. The molecule has 0 aliphatic rings. The maximum atomic E-state index is 13.2. The fourth-order valence-corrected chi connectivity index (χ4v) is 8.23. The number of methoxy groups -OCH3 is 1. The van der Waals surface area contributed by atoms with Crippen LogP contribution in [0, 0.1) is 0 Å². The van der Waals surface area contributed by atoms with Gasteiger partial charge < -0.3 is 4.74 Å². The van der Waals surface area contributed by atoms with Crippen LogP contribution in [0.3, 0.4) is 0 Å². The van der Waals surface area contributed by atoms with Crippen molar-refractivity contribution in [1.82, 2.24) is 4.90 Å². The van der Waals surface area contributed by atoms with E-state index in [0.29, 0.717) is 6.54 Å². The van der Waals surface area contributed by atoms with E-state index >= 15 is 0 Å². The van der Waals surface area contributed by atoms with Gasteiger partial charge >= 0.3 is 5.97 Å². The molecule has 0 saturated heterocycles. The van der Waals surface area contributed by atoms with Crippen molar-refractivity contribution in [2.24, 2.45) is 0 Å². The van der Waals surface area contributed by atoms with Crippen molar-refractivity contribution in [3.05, 3.63) is 102 Å². The number of esters is 1. The van der Waals surface area contributed by atoms with Crippen LogP contribution >= 0.6 is 0 Å². The number of benzene rings is 3. The number of hydrogen-bond acceptors (Lipinski definition) is 3. The highest BCUT2D eigenvalue weighted by Gasteiger charge is 2.44. The van der Waals surface area contributed by atoms with Crippen LogP contribution in [0.15, 0.2) is 91.0 Å². The maximum Gasteiger partial charge on any atom is 0.323 e. The van der Waals surface area contributed by atoms with E-state index in [1.165, 1.54) is 23.4 Å². The van der Waals surface area contributed by atoms with Crippen LogP contribution < -0.4 is 5.19 Å². The first-order chi connectivity index (χ1) is 15.4. The quantitative estimate of drug-likeness (QED) is 0.314. The molecule has 3 nitrogen and oxygen atoms in total. The highest BCUT2D eigenvalue weighted by Crippen LogP contribution is 2.34. The second kappa shape index (κ2) is 11.3. The van der Waals surface area contributed by atoms with Gasteiger partial charge in [-0.25, -0.2) is 0 Å². The van der Waals surface area contributed by atoms with Crippen molar-refractivity contribution in [2.75, 3.05) is 14.2 Å². The number of carbonyl (C=O) groups is 1. The minimum absolute atomic E-state index is 0.141. The highest BCUT2D eigenvalue weighted by atomic mass is 28.3. The zero-order valence-electron chi connectivity index (χ0n) is 19.7. The largest absolute Gasteiger partial charge is 0.468 e. The van der Waals surface area contributed by atoms with E-state index in [1.54, 1.807) is 0 Å². The summed E-state index contributed by atoms with van der Waals surface area (Å²) in [5.41, 5.74) is 2.71.